The van der Waals surface area contributed by atoms with Crippen LogP contribution in [0, 0.1) is 0 Å². The molecule has 0 radical (unpaired) electrons. The maximum Gasteiger partial charge on any atom is 0.0725 e. The molecule has 1 spiro atoms. The minimum absolute atomic E-state index is 0.462. The van der Waals surface area contributed by atoms with Gasteiger partial charge in [0, 0.05) is 0 Å². The van der Waals surface area contributed by atoms with Crippen LogP contribution < -0.4 is 0 Å². The zero-order valence-electron chi connectivity index (χ0n) is 32.3. The van der Waals surface area contributed by atoms with E-state index in [9.17, 15) is 0 Å². The Morgan fingerprint density at radius 2 is 0.678 bits per heavy atom. The molecule has 0 saturated carbocycles. The van der Waals surface area contributed by atoms with Crippen LogP contribution in [0.5, 0.6) is 0 Å². The van der Waals surface area contributed by atoms with Crippen LogP contribution in [0.3, 0.4) is 0 Å². The van der Waals surface area contributed by atoms with Crippen LogP contribution in [-0.2, 0) is 5.41 Å². The highest BCUT2D eigenvalue weighted by molar-refractivity contribution is 6.24. The summed E-state index contributed by atoms with van der Waals surface area (Å²) in [5.41, 5.74) is 17.7. The zero-order valence-corrected chi connectivity index (χ0v) is 32.3. The normalized spacial score (nSPS) is 14.8. The summed E-state index contributed by atoms with van der Waals surface area (Å²) < 4.78 is 0. The predicted molar refractivity (Wildman–Crippen MR) is 249 cm³/mol. The van der Waals surface area contributed by atoms with E-state index in [2.05, 4.69) is 218 Å². The lowest BCUT2D eigenvalue weighted by Gasteiger charge is -2.40. The van der Waals surface area contributed by atoms with Gasteiger partial charge in [-0.1, -0.05) is 200 Å². The van der Waals surface area contributed by atoms with Gasteiger partial charge in [-0.25, -0.2) is 0 Å². The molecule has 272 valence electrons. The monoisotopic (exact) mass is 744 g/mol. The van der Waals surface area contributed by atoms with Gasteiger partial charge in [-0.05, 0) is 139 Å². The van der Waals surface area contributed by atoms with Gasteiger partial charge in [0.05, 0.1) is 5.41 Å². The topological polar surface area (TPSA) is 0 Å². The van der Waals surface area contributed by atoms with Crippen molar-refractivity contribution in [3.63, 3.8) is 0 Å². The summed E-state index contributed by atoms with van der Waals surface area (Å²) in [6.07, 6.45) is 0. The van der Waals surface area contributed by atoms with E-state index in [1.807, 2.05) is 0 Å². The average molecular weight is 745 g/mol. The van der Waals surface area contributed by atoms with Crippen LogP contribution >= 0.6 is 0 Å². The van der Waals surface area contributed by atoms with Gasteiger partial charge < -0.3 is 0 Å². The molecule has 11 aromatic carbocycles. The molecule has 13 rings (SSSR count). The second kappa shape index (κ2) is 12.2. The molecule has 1 unspecified atom stereocenters. The van der Waals surface area contributed by atoms with Crippen LogP contribution in [0.2, 0.25) is 0 Å². The Morgan fingerprint density at radius 1 is 0.220 bits per heavy atom. The number of fused-ring (bicyclic) bond motifs is 14. The summed E-state index contributed by atoms with van der Waals surface area (Å²) in [7, 11) is 0. The lowest BCUT2D eigenvalue weighted by molar-refractivity contribution is 0.774. The Balaban J connectivity index is 1.07. The zero-order chi connectivity index (χ0) is 38.7. The molecular weight excluding hydrogens is 709 g/mol. The third-order valence-electron chi connectivity index (χ3n) is 13.5. The van der Waals surface area contributed by atoms with Crippen molar-refractivity contribution in [2.75, 3.05) is 0 Å². The third kappa shape index (κ3) is 4.43. The van der Waals surface area contributed by atoms with Crippen LogP contribution in [0.15, 0.2) is 218 Å². The number of rotatable bonds is 3. The highest BCUT2D eigenvalue weighted by atomic mass is 14.5. The van der Waals surface area contributed by atoms with Crippen molar-refractivity contribution < 1.29 is 0 Å². The first kappa shape index (κ1) is 32.5. The Kier molecular flexibility index (Phi) is 6.74. The average Bonchev–Trinajstić information content (AvgIpc) is 3.60. The molecule has 0 nitrogen and oxygen atoms in total. The van der Waals surface area contributed by atoms with E-state index in [1.54, 1.807) is 0 Å². The highest BCUT2D eigenvalue weighted by Crippen LogP contribution is 2.62. The molecule has 0 heteroatoms. The Hall–Kier alpha value is -7.54. The first-order valence-corrected chi connectivity index (χ1v) is 20.7. The van der Waals surface area contributed by atoms with Crippen molar-refractivity contribution in [3.8, 4) is 55.6 Å². The molecule has 0 bridgehead atoms. The van der Waals surface area contributed by atoms with E-state index in [0.29, 0.717) is 0 Å². The Labute approximate surface area is 343 Å². The summed E-state index contributed by atoms with van der Waals surface area (Å²) >= 11 is 0. The number of hydrogen-bond acceptors (Lipinski definition) is 0. The van der Waals surface area contributed by atoms with E-state index in [1.165, 1.54) is 121 Å². The van der Waals surface area contributed by atoms with Crippen molar-refractivity contribution >= 4 is 43.1 Å². The highest BCUT2D eigenvalue weighted by Gasteiger charge is 2.50. The first-order chi connectivity index (χ1) is 29.3. The van der Waals surface area contributed by atoms with E-state index in [-0.39, 0.29) is 0 Å². The van der Waals surface area contributed by atoms with Crippen molar-refractivity contribution in [3.05, 3.63) is 241 Å². The SMILES string of the molecule is c1ccc(-c2ccc(-c3cc4c5ccccc5c(-c5ccc6c(c5)C5(c7ccccc7-6)c6ccccc6-c6cccc7cccc5c67)cc4c4ccccc34)cc2)cc1. The molecule has 2 aliphatic rings. The van der Waals surface area contributed by atoms with Crippen molar-refractivity contribution in [1.29, 1.82) is 0 Å². The lowest BCUT2D eigenvalue weighted by atomic mass is 9.61. The second-order valence-corrected chi connectivity index (χ2v) is 16.3. The molecule has 1 atom stereocenters. The number of benzene rings is 11. The molecule has 0 N–H and O–H groups in total. The van der Waals surface area contributed by atoms with E-state index < -0.39 is 5.41 Å². The van der Waals surface area contributed by atoms with E-state index >= 15 is 0 Å². The molecule has 2 aliphatic carbocycles. The molecular formula is C59H36. The van der Waals surface area contributed by atoms with Crippen molar-refractivity contribution in [2.45, 2.75) is 5.41 Å². The summed E-state index contributed by atoms with van der Waals surface area (Å²) in [6, 6.07) is 82.0. The summed E-state index contributed by atoms with van der Waals surface area (Å²) in [5.74, 6) is 0. The van der Waals surface area contributed by atoms with Gasteiger partial charge in [-0.2, -0.15) is 0 Å². The number of hydrogen-bond donors (Lipinski definition) is 0. The lowest BCUT2D eigenvalue weighted by Crippen LogP contribution is -2.31. The fourth-order valence-electron chi connectivity index (χ4n) is 11.0. The van der Waals surface area contributed by atoms with Crippen LogP contribution in [-0.4, -0.2) is 0 Å². The Bertz CT molecular complexity index is 3530. The van der Waals surface area contributed by atoms with Crippen LogP contribution in [0.25, 0.3) is 98.7 Å². The first-order valence-electron chi connectivity index (χ1n) is 20.7. The molecule has 0 aromatic heterocycles. The van der Waals surface area contributed by atoms with E-state index in [4.69, 9.17) is 0 Å². The van der Waals surface area contributed by atoms with Gasteiger partial charge in [0.1, 0.15) is 0 Å². The quantitative estimate of drug-likeness (QED) is 0.158. The van der Waals surface area contributed by atoms with Gasteiger partial charge in [0.2, 0.25) is 0 Å². The molecule has 11 aromatic rings. The molecule has 59 heavy (non-hydrogen) atoms. The second-order valence-electron chi connectivity index (χ2n) is 16.3. The van der Waals surface area contributed by atoms with Gasteiger partial charge in [0.15, 0.2) is 0 Å². The van der Waals surface area contributed by atoms with Crippen LogP contribution in [0.1, 0.15) is 22.3 Å². The van der Waals surface area contributed by atoms with Crippen molar-refractivity contribution in [1.82, 2.24) is 0 Å². The fraction of sp³-hybridized carbons (Fsp3) is 0.0169. The maximum atomic E-state index is 2.54. The van der Waals surface area contributed by atoms with Gasteiger partial charge in [-0.15, -0.1) is 0 Å². The molecule has 0 amide bonds. The molecule has 0 heterocycles. The minimum Gasteiger partial charge on any atom is -0.0622 e. The fourth-order valence-corrected chi connectivity index (χ4v) is 11.0. The van der Waals surface area contributed by atoms with Gasteiger partial charge >= 0.3 is 0 Å². The molecule has 0 saturated heterocycles. The standard InChI is InChI=1S/C59H36/c1-2-14-37(15-3-1)38-28-30-39(31-29-38)50-35-52-45-21-7-5-19-43(45)51(36-53(52)44-20-6-4-18-42(44)50)41-32-33-48-46-22-8-10-25-54(46)59(57(48)34-41)55-26-11-9-23-47(55)49-24-12-16-40-17-13-27-56(59)58(40)49/h1-36H. The minimum atomic E-state index is -0.462. The smallest absolute Gasteiger partial charge is 0.0622 e. The molecule has 0 aliphatic heterocycles. The third-order valence-corrected chi connectivity index (χ3v) is 13.5. The Morgan fingerprint density at radius 3 is 1.36 bits per heavy atom. The summed E-state index contributed by atoms with van der Waals surface area (Å²) in [4.78, 5) is 0. The summed E-state index contributed by atoms with van der Waals surface area (Å²) in [5, 5.41) is 10.3. The van der Waals surface area contributed by atoms with Gasteiger partial charge in [0.25, 0.3) is 0 Å². The summed E-state index contributed by atoms with van der Waals surface area (Å²) in [6.45, 7) is 0. The molecule has 0 fully saturated rings. The van der Waals surface area contributed by atoms with Crippen molar-refractivity contribution in [2.24, 2.45) is 0 Å². The predicted octanol–water partition coefficient (Wildman–Crippen LogP) is 15.6. The largest absolute Gasteiger partial charge is 0.0725 e. The van der Waals surface area contributed by atoms with Gasteiger partial charge in [-0.3, -0.25) is 0 Å². The van der Waals surface area contributed by atoms with E-state index in [0.717, 1.165) is 0 Å². The maximum absolute atomic E-state index is 2.54. The van der Waals surface area contributed by atoms with Crippen LogP contribution in [0.4, 0.5) is 0 Å².